The van der Waals surface area contributed by atoms with Crippen LogP contribution in [0.4, 0.5) is 0 Å². The van der Waals surface area contributed by atoms with E-state index in [0.717, 1.165) is 39.0 Å². The van der Waals surface area contributed by atoms with Crippen molar-refractivity contribution in [3.05, 3.63) is 112 Å². The number of carbonyl (C=O) groups is 1. The molecule has 0 bridgehead atoms. The number of methoxy groups -OCH3 is 2. The van der Waals surface area contributed by atoms with Crippen LogP contribution in [0.5, 0.6) is 17.2 Å². The first kappa shape index (κ1) is 41.2. The fourth-order valence-corrected chi connectivity index (χ4v) is 6.73. The lowest BCUT2D eigenvalue weighted by molar-refractivity contribution is -0.757. The van der Waals surface area contributed by atoms with Crippen LogP contribution in [0.1, 0.15) is 55.2 Å². The predicted molar refractivity (Wildman–Crippen MR) is 206 cm³/mol. The van der Waals surface area contributed by atoms with E-state index < -0.39 is 23.4 Å². The summed E-state index contributed by atoms with van der Waals surface area (Å²) >= 11 is 0. The van der Waals surface area contributed by atoms with Gasteiger partial charge in [0.2, 0.25) is 5.91 Å². The number of rotatable bonds is 22. The summed E-state index contributed by atoms with van der Waals surface area (Å²) in [6.07, 6.45) is -0.222. The van der Waals surface area contributed by atoms with E-state index in [-0.39, 0.29) is 57.6 Å². The molecule has 0 aliphatic carbocycles. The molecule has 0 radical (unpaired) electrons. The molecule has 4 aromatic rings. The lowest BCUT2D eigenvalue weighted by Crippen LogP contribution is -2.54. The third-order valence-corrected chi connectivity index (χ3v) is 9.64. The minimum atomic E-state index is -0.861. The molecule has 13 nitrogen and oxygen atoms in total. The van der Waals surface area contributed by atoms with Crippen molar-refractivity contribution in [2.75, 3.05) is 53.7 Å². The number of fused-ring (bicyclic) bond motifs is 1. The highest BCUT2D eigenvalue weighted by molar-refractivity contribution is 5.89. The number of para-hydroxylation sites is 1. The molecule has 1 aliphatic heterocycles. The number of nitrogens with zero attached hydrogens (tertiary/aromatic N) is 2. The standard InChI is InChI=1S/C42H52N2O11/c1-4-34(45)29-54-40-26-43(41(46)15-9-22-55-44(47)48)25-39(53-27-30-23-32-11-5-7-13-36(32)38(24-30)50-3)42(40)31-16-18-35(19-17-31)52-21-10-20-51-28-33-12-6-8-14-37(33)49-2/h5-8,11-14,16-19,23-24,34,39-40,42,45H,4,9-10,15,20-22,25-29H2,1-3H3. The lowest BCUT2D eigenvalue weighted by atomic mass is 9.84. The average molecular weight is 761 g/mol. The quantitative estimate of drug-likeness (QED) is 0.0532. The molecule has 13 heteroatoms. The highest BCUT2D eigenvalue weighted by Gasteiger charge is 2.41. The van der Waals surface area contributed by atoms with Crippen LogP contribution >= 0.6 is 0 Å². The fraction of sp³-hybridized carbons (Fsp3) is 0.452. The van der Waals surface area contributed by atoms with Crippen LogP contribution in [0.2, 0.25) is 0 Å². The van der Waals surface area contributed by atoms with Gasteiger partial charge in [-0.1, -0.05) is 61.5 Å². The van der Waals surface area contributed by atoms with Crippen molar-refractivity contribution < 1.29 is 48.2 Å². The monoisotopic (exact) mass is 760 g/mol. The maximum atomic E-state index is 13.5. The summed E-state index contributed by atoms with van der Waals surface area (Å²) in [6.45, 7) is 4.02. The van der Waals surface area contributed by atoms with Gasteiger partial charge in [0.05, 0.1) is 72.2 Å². The molecule has 4 atom stereocenters. The number of likely N-dealkylation sites (tertiary alicyclic amines) is 1. The van der Waals surface area contributed by atoms with Gasteiger partial charge < -0.3 is 43.3 Å². The summed E-state index contributed by atoms with van der Waals surface area (Å²) in [6, 6.07) is 27.6. The summed E-state index contributed by atoms with van der Waals surface area (Å²) < 4.78 is 36.1. The summed E-state index contributed by atoms with van der Waals surface area (Å²) in [5, 5.41) is 22.3. The second-order valence-corrected chi connectivity index (χ2v) is 13.4. The molecule has 4 unspecified atom stereocenters. The van der Waals surface area contributed by atoms with Gasteiger partial charge in [-0.05, 0) is 59.7 Å². The van der Waals surface area contributed by atoms with E-state index in [1.165, 1.54) is 0 Å². The Bertz CT molecular complexity index is 1800. The van der Waals surface area contributed by atoms with Crippen LogP contribution in [0.15, 0.2) is 84.9 Å². The summed E-state index contributed by atoms with van der Waals surface area (Å²) in [7, 11) is 3.29. The summed E-state index contributed by atoms with van der Waals surface area (Å²) in [4.78, 5) is 30.2. The Morgan fingerprint density at radius 3 is 2.35 bits per heavy atom. The van der Waals surface area contributed by atoms with E-state index in [2.05, 4.69) is 10.9 Å². The number of aliphatic hydroxyl groups excluding tert-OH is 1. The van der Waals surface area contributed by atoms with Gasteiger partial charge in [0.25, 0.3) is 5.09 Å². The molecule has 1 N–H and O–H groups in total. The first-order valence-electron chi connectivity index (χ1n) is 18.7. The highest BCUT2D eigenvalue weighted by atomic mass is 16.9. The maximum Gasteiger partial charge on any atom is 0.294 e. The van der Waals surface area contributed by atoms with E-state index in [4.69, 9.17) is 28.4 Å². The van der Waals surface area contributed by atoms with Gasteiger partial charge in [-0.3, -0.25) is 4.79 Å². The van der Waals surface area contributed by atoms with Crippen LogP contribution in [-0.2, 0) is 37.1 Å². The minimum absolute atomic E-state index is 0.0644. The number of aliphatic hydroxyl groups is 1. The van der Waals surface area contributed by atoms with Crippen molar-refractivity contribution in [1.29, 1.82) is 0 Å². The van der Waals surface area contributed by atoms with E-state index in [9.17, 15) is 20.0 Å². The third kappa shape index (κ3) is 12.0. The second kappa shape index (κ2) is 21.2. The maximum absolute atomic E-state index is 13.5. The van der Waals surface area contributed by atoms with E-state index in [1.807, 2.05) is 85.8 Å². The zero-order valence-corrected chi connectivity index (χ0v) is 31.8. The normalized spacial score (nSPS) is 17.5. The molecule has 1 amide bonds. The molecule has 5 rings (SSSR count). The van der Waals surface area contributed by atoms with Crippen molar-refractivity contribution in [1.82, 2.24) is 4.90 Å². The van der Waals surface area contributed by atoms with Gasteiger partial charge in [-0.15, -0.1) is 10.1 Å². The Labute approximate surface area is 322 Å². The van der Waals surface area contributed by atoms with Crippen LogP contribution < -0.4 is 14.2 Å². The van der Waals surface area contributed by atoms with Gasteiger partial charge in [0.15, 0.2) is 0 Å². The van der Waals surface area contributed by atoms with Crippen molar-refractivity contribution in [2.45, 2.75) is 70.1 Å². The highest BCUT2D eigenvalue weighted by Crippen LogP contribution is 2.36. The van der Waals surface area contributed by atoms with Gasteiger partial charge >= 0.3 is 0 Å². The van der Waals surface area contributed by atoms with E-state index in [0.29, 0.717) is 38.4 Å². The molecule has 4 aromatic carbocycles. The predicted octanol–water partition coefficient (Wildman–Crippen LogP) is 6.50. The molecule has 0 spiro atoms. The van der Waals surface area contributed by atoms with E-state index >= 15 is 0 Å². The molecule has 1 saturated heterocycles. The average Bonchev–Trinajstić information content (AvgIpc) is 3.21. The number of carbonyl (C=O) groups excluding carboxylic acids is 1. The van der Waals surface area contributed by atoms with Crippen molar-refractivity contribution in [3.8, 4) is 17.2 Å². The van der Waals surface area contributed by atoms with Crippen LogP contribution in [0, 0.1) is 10.1 Å². The van der Waals surface area contributed by atoms with Crippen molar-refractivity contribution >= 4 is 16.7 Å². The molecule has 1 fully saturated rings. The topological polar surface area (TPSA) is 148 Å². The van der Waals surface area contributed by atoms with Crippen LogP contribution in [0.3, 0.4) is 0 Å². The SMILES string of the molecule is CCC(O)COC1CN(C(=O)CCCO[N+](=O)[O-])CC(OCc2cc(OC)c3ccccc3c2)C1c1ccc(OCCCOCc2ccccc2OC)cc1. The molecule has 1 heterocycles. The zero-order chi connectivity index (χ0) is 39.0. The first-order valence-corrected chi connectivity index (χ1v) is 18.7. The number of ether oxygens (including phenoxy) is 6. The Hall–Kier alpha value is -4.95. The number of piperidine rings is 1. The number of benzene rings is 4. The molecule has 1 aliphatic rings. The van der Waals surface area contributed by atoms with Gasteiger partial charge in [0, 0.05) is 42.8 Å². The summed E-state index contributed by atoms with van der Waals surface area (Å²) in [5.41, 5.74) is 2.84. The minimum Gasteiger partial charge on any atom is -0.496 e. The first-order chi connectivity index (χ1) is 26.8. The zero-order valence-electron chi connectivity index (χ0n) is 31.8. The third-order valence-electron chi connectivity index (χ3n) is 9.64. The number of hydrogen-bond donors (Lipinski definition) is 1. The molecule has 0 saturated carbocycles. The van der Waals surface area contributed by atoms with Gasteiger partial charge in [0.1, 0.15) is 17.2 Å². The molecular weight excluding hydrogens is 708 g/mol. The fourth-order valence-electron chi connectivity index (χ4n) is 6.73. The Morgan fingerprint density at radius 1 is 0.873 bits per heavy atom. The largest absolute Gasteiger partial charge is 0.496 e. The molecule has 55 heavy (non-hydrogen) atoms. The Balaban J connectivity index is 1.30. The smallest absolute Gasteiger partial charge is 0.294 e. The molecule has 296 valence electrons. The van der Waals surface area contributed by atoms with Crippen molar-refractivity contribution in [2.24, 2.45) is 0 Å². The number of hydrogen-bond acceptors (Lipinski definition) is 11. The van der Waals surface area contributed by atoms with Crippen LogP contribution in [0.25, 0.3) is 10.8 Å². The van der Waals surface area contributed by atoms with Crippen molar-refractivity contribution in [3.63, 3.8) is 0 Å². The van der Waals surface area contributed by atoms with E-state index in [1.54, 1.807) is 19.1 Å². The molecule has 0 aromatic heterocycles. The second-order valence-electron chi connectivity index (χ2n) is 13.4. The van der Waals surface area contributed by atoms with Gasteiger partial charge in [-0.2, -0.15) is 0 Å². The molecular formula is C42H52N2O11. The Kier molecular flexibility index (Phi) is 15.9. The van der Waals surface area contributed by atoms with Gasteiger partial charge in [-0.25, -0.2) is 0 Å². The number of amides is 1. The van der Waals surface area contributed by atoms with Crippen LogP contribution in [-0.4, -0.2) is 93.0 Å². The lowest BCUT2D eigenvalue weighted by Gasteiger charge is -2.44. The summed E-state index contributed by atoms with van der Waals surface area (Å²) in [5.74, 6) is 1.75. The Morgan fingerprint density at radius 2 is 1.60 bits per heavy atom.